The minimum atomic E-state index is -0.472. The van der Waals surface area contributed by atoms with E-state index in [2.05, 4.69) is 48.0 Å². The van der Waals surface area contributed by atoms with Gasteiger partial charge in [-0.1, -0.05) is 24.3 Å². The lowest BCUT2D eigenvalue weighted by Gasteiger charge is -2.41. The van der Waals surface area contributed by atoms with Crippen molar-refractivity contribution in [3.63, 3.8) is 0 Å². The van der Waals surface area contributed by atoms with Gasteiger partial charge < -0.3 is 14.8 Å². The van der Waals surface area contributed by atoms with Crippen LogP contribution in [0.5, 0.6) is 0 Å². The molecule has 2 aromatic carbocycles. The molecule has 1 aliphatic heterocycles. The molecule has 1 aliphatic rings. The molecular weight excluding hydrogens is 448 g/mol. The predicted molar refractivity (Wildman–Crippen MR) is 136 cm³/mol. The van der Waals surface area contributed by atoms with Crippen LogP contribution in [-0.4, -0.2) is 46.0 Å². The van der Waals surface area contributed by atoms with Crippen LogP contribution in [0.25, 0.3) is 15.9 Å². The molecule has 1 amide bonds. The van der Waals surface area contributed by atoms with Crippen molar-refractivity contribution in [3.8, 4) is 5.69 Å². The molecule has 2 aromatic heterocycles. The Morgan fingerprint density at radius 3 is 2.59 bits per heavy atom. The molecule has 0 spiro atoms. The molecule has 0 aliphatic carbocycles. The lowest BCUT2D eigenvalue weighted by Crippen LogP contribution is -2.54. The molecule has 1 fully saturated rings. The summed E-state index contributed by atoms with van der Waals surface area (Å²) in [5.41, 5.74) is 3.50. The summed E-state index contributed by atoms with van der Waals surface area (Å²) in [6, 6.07) is 17.5. The first kappa shape index (κ1) is 22.2. The van der Waals surface area contributed by atoms with E-state index in [-0.39, 0.29) is 23.9 Å². The van der Waals surface area contributed by atoms with Gasteiger partial charge >= 0.3 is 5.69 Å². The monoisotopic (exact) mass is 474 g/mol. The number of rotatable bonds is 4. The normalized spacial score (nSPS) is 16.2. The number of fused-ring (bicyclic) bond motifs is 1. The Bertz CT molecular complexity index is 1470. The quantitative estimate of drug-likeness (QED) is 0.492. The molecule has 174 valence electrons. The SMILES string of the molecule is Cc1cccc(N2CCN(C(=O)Cc3ccc(-n4c(=O)[nH]c5ccsc5c4=O)cc3)C[C@@H]2C)c1. The van der Waals surface area contributed by atoms with Crippen LogP contribution in [0.15, 0.2) is 69.6 Å². The molecule has 8 heteroatoms. The molecule has 1 atom stereocenters. The molecule has 34 heavy (non-hydrogen) atoms. The van der Waals surface area contributed by atoms with E-state index in [1.807, 2.05) is 17.0 Å². The van der Waals surface area contributed by atoms with Crippen LogP contribution in [0.4, 0.5) is 5.69 Å². The van der Waals surface area contributed by atoms with Crippen molar-refractivity contribution in [2.45, 2.75) is 26.3 Å². The molecule has 0 unspecified atom stereocenters. The van der Waals surface area contributed by atoms with Gasteiger partial charge in [-0.25, -0.2) is 9.36 Å². The molecule has 0 bridgehead atoms. The van der Waals surface area contributed by atoms with Crippen molar-refractivity contribution in [1.82, 2.24) is 14.5 Å². The van der Waals surface area contributed by atoms with E-state index in [1.165, 1.54) is 22.6 Å². The molecule has 0 saturated carbocycles. The third-order valence-electron chi connectivity index (χ3n) is 6.37. The average Bonchev–Trinajstić information content (AvgIpc) is 3.29. The maximum atomic E-state index is 13.0. The van der Waals surface area contributed by atoms with E-state index in [9.17, 15) is 14.4 Å². The maximum Gasteiger partial charge on any atom is 0.333 e. The van der Waals surface area contributed by atoms with Gasteiger partial charge in [0.15, 0.2) is 0 Å². The molecule has 7 nitrogen and oxygen atoms in total. The summed E-state index contributed by atoms with van der Waals surface area (Å²) >= 11 is 1.30. The van der Waals surface area contributed by atoms with Gasteiger partial charge in [0, 0.05) is 31.4 Å². The molecule has 1 saturated heterocycles. The zero-order valence-corrected chi connectivity index (χ0v) is 20.0. The zero-order chi connectivity index (χ0) is 23.8. The van der Waals surface area contributed by atoms with Crippen LogP contribution < -0.4 is 16.1 Å². The second kappa shape index (κ2) is 8.95. The maximum absolute atomic E-state index is 13.0. The van der Waals surface area contributed by atoms with Gasteiger partial charge in [0.2, 0.25) is 5.91 Å². The van der Waals surface area contributed by atoms with Crippen LogP contribution in [-0.2, 0) is 11.2 Å². The van der Waals surface area contributed by atoms with Crippen LogP contribution in [0, 0.1) is 6.92 Å². The molecule has 1 N–H and O–H groups in total. The summed E-state index contributed by atoms with van der Waals surface area (Å²) in [6.45, 7) is 6.39. The van der Waals surface area contributed by atoms with E-state index in [0.717, 1.165) is 16.7 Å². The average molecular weight is 475 g/mol. The van der Waals surface area contributed by atoms with E-state index < -0.39 is 5.69 Å². The van der Waals surface area contributed by atoms with E-state index in [4.69, 9.17) is 0 Å². The van der Waals surface area contributed by atoms with Gasteiger partial charge in [-0.3, -0.25) is 9.59 Å². The highest BCUT2D eigenvalue weighted by Gasteiger charge is 2.27. The smallest absolute Gasteiger partial charge is 0.333 e. The molecule has 5 rings (SSSR count). The first-order valence-electron chi connectivity index (χ1n) is 11.3. The van der Waals surface area contributed by atoms with Gasteiger partial charge in [0.25, 0.3) is 5.56 Å². The van der Waals surface area contributed by atoms with Gasteiger partial charge in [-0.15, -0.1) is 11.3 Å². The lowest BCUT2D eigenvalue weighted by atomic mass is 10.1. The topological polar surface area (TPSA) is 78.4 Å². The third-order valence-corrected chi connectivity index (χ3v) is 7.27. The minimum absolute atomic E-state index is 0.0820. The summed E-state index contributed by atoms with van der Waals surface area (Å²) in [5, 5.41) is 1.78. The standard InChI is InChI=1S/C26H26N4O3S/c1-17-4-3-5-21(14-17)29-12-11-28(16-18(29)2)23(31)15-19-6-8-20(9-7-19)30-25(32)24-22(10-13-34-24)27-26(30)33/h3-10,13-14,18H,11-12,15-16H2,1-2H3,(H,27,33)/t18-/m0/s1. The highest BCUT2D eigenvalue weighted by atomic mass is 32.1. The first-order valence-corrected chi connectivity index (χ1v) is 12.2. The summed E-state index contributed by atoms with van der Waals surface area (Å²) in [6.07, 6.45) is 0.284. The van der Waals surface area contributed by atoms with Crippen LogP contribution in [0.1, 0.15) is 18.1 Å². The summed E-state index contributed by atoms with van der Waals surface area (Å²) in [4.78, 5) is 45.2. The van der Waals surface area contributed by atoms with Gasteiger partial charge in [0.05, 0.1) is 17.6 Å². The predicted octanol–water partition coefficient (Wildman–Crippen LogP) is 3.33. The van der Waals surface area contributed by atoms with Crippen molar-refractivity contribution in [2.24, 2.45) is 0 Å². The van der Waals surface area contributed by atoms with Crippen LogP contribution in [0.2, 0.25) is 0 Å². The number of thiophene rings is 1. The number of anilines is 1. The van der Waals surface area contributed by atoms with E-state index >= 15 is 0 Å². The van der Waals surface area contributed by atoms with Gasteiger partial charge in [-0.05, 0) is 60.7 Å². The Morgan fingerprint density at radius 2 is 1.85 bits per heavy atom. The fraction of sp³-hybridized carbons (Fsp3) is 0.269. The zero-order valence-electron chi connectivity index (χ0n) is 19.2. The van der Waals surface area contributed by atoms with E-state index in [1.54, 1.807) is 23.6 Å². The number of piperazine rings is 1. The number of H-pyrrole nitrogens is 1. The minimum Gasteiger partial charge on any atom is -0.365 e. The van der Waals surface area contributed by atoms with Crippen molar-refractivity contribution in [2.75, 3.05) is 24.5 Å². The Morgan fingerprint density at radius 1 is 1.06 bits per heavy atom. The summed E-state index contributed by atoms with van der Waals surface area (Å²) in [5.74, 6) is 0.0820. The number of aromatic nitrogens is 2. The van der Waals surface area contributed by atoms with E-state index in [0.29, 0.717) is 29.0 Å². The number of amides is 1. The fourth-order valence-corrected chi connectivity index (χ4v) is 5.37. The van der Waals surface area contributed by atoms with Crippen molar-refractivity contribution < 1.29 is 4.79 Å². The Hall–Kier alpha value is -3.65. The molecule has 0 radical (unpaired) electrons. The number of nitrogens with zero attached hydrogens (tertiary/aromatic N) is 3. The number of carbonyl (C=O) groups is 1. The molecular formula is C26H26N4O3S. The number of aryl methyl sites for hydroxylation is 1. The Balaban J connectivity index is 1.27. The number of nitrogens with one attached hydrogen (secondary N) is 1. The van der Waals surface area contributed by atoms with Gasteiger partial charge in [-0.2, -0.15) is 0 Å². The molecule has 3 heterocycles. The lowest BCUT2D eigenvalue weighted by molar-refractivity contribution is -0.131. The van der Waals surface area contributed by atoms with Crippen molar-refractivity contribution >= 4 is 33.1 Å². The summed E-state index contributed by atoms with van der Waals surface area (Å²) in [7, 11) is 0. The first-order chi connectivity index (χ1) is 16.4. The third kappa shape index (κ3) is 4.17. The largest absolute Gasteiger partial charge is 0.365 e. The molecule has 4 aromatic rings. The number of hydrogen-bond donors (Lipinski definition) is 1. The highest BCUT2D eigenvalue weighted by Crippen LogP contribution is 2.22. The Kier molecular flexibility index (Phi) is 5.83. The number of aromatic amines is 1. The number of hydrogen-bond acceptors (Lipinski definition) is 5. The second-order valence-electron chi connectivity index (χ2n) is 8.80. The van der Waals surface area contributed by atoms with Crippen molar-refractivity contribution in [3.05, 3.63) is 91.9 Å². The summed E-state index contributed by atoms with van der Waals surface area (Å²) < 4.78 is 1.65. The fourth-order valence-electron chi connectivity index (χ4n) is 4.60. The van der Waals surface area contributed by atoms with Crippen LogP contribution >= 0.6 is 11.3 Å². The van der Waals surface area contributed by atoms with Crippen molar-refractivity contribution in [1.29, 1.82) is 0 Å². The van der Waals surface area contributed by atoms with Gasteiger partial charge in [0.1, 0.15) is 4.70 Å². The Labute approximate surface area is 200 Å². The number of benzene rings is 2. The highest BCUT2D eigenvalue weighted by molar-refractivity contribution is 7.17. The second-order valence-corrected chi connectivity index (χ2v) is 9.71. The number of carbonyl (C=O) groups excluding carboxylic acids is 1. The van der Waals surface area contributed by atoms with Crippen LogP contribution in [0.3, 0.4) is 0 Å².